The van der Waals surface area contributed by atoms with Gasteiger partial charge in [0.25, 0.3) is 0 Å². The number of pyridine rings is 1. The maximum Gasteiger partial charge on any atom is 0.139 e. The van der Waals surface area contributed by atoms with Gasteiger partial charge in [0, 0.05) is 18.8 Å². The summed E-state index contributed by atoms with van der Waals surface area (Å²) in [5.74, 6) is 0.927. The molecule has 1 rings (SSSR count). The van der Waals surface area contributed by atoms with Gasteiger partial charge in [-0.1, -0.05) is 20.3 Å². The first-order valence-corrected chi connectivity index (χ1v) is 6.67. The Morgan fingerprint density at radius 1 is 1.50 bits per heavy atom. The van der Waals surface area contributed by atoms with Crippen LogP contribution in [0.4, 0.5) is 5.82 Å². The van der Waals surface area contributed by atoms with Crippen molar-refractivity contribution in [1.29, 1.82) is 5.41 Å². The fourth-order valence-electron chi connectivity index (χ4n) is 1.92. The molecule has 0 aromatic carbocycles. The van der Waals surface area contributed by atoms with Crippen LogP contribution in [0.1, 0.15) is 45.6 Å². The van der Waals surface area contributed by atoms with Crippen molar-refractivity contribution in [2.75, 3.05) is 11.4 Å². The normalized spacial score (nSPS) is 12.2. The maximum absolute atomic E-state index is 7.66. The summed E-state index contributed by atoms with van der Waals surface area (Å²) in [5, 5.41) is 7.66. The molecule has 100 valence electrons. The van der Waals surface area contributed by atoms with Crippen molar-refractivity contribution in [2.24, 2.45) is 5.73 Å². The molecule has 1 heterocycles. The highest BCUT2D eigenvalue weighted by Gasteiger charge is 2.18. The summed E-state index contributed by atoms with van der Waals surface area (Å²) in [4.78, 5) is 6.69. The van der Waals surface area contributed by atoms with Gasteiger partial charge in [0.05, 0.1) is 5.56 Å². The topological polar surface area (TPSA) is 66.0 Å². The largest absolute Gasteiger partial charge is 0.384 e. The average molecular weight is 248 g/mol. The average Bonchev–Trinajstić information content (AvgIpc) is 2.39. The molecule has 1 aromatic rings. The summed E-state index contributed by atoms with van der Waals surface area (Å²) in [6.07, 6.45) is 5.09. The van der Waals surface area contributed by atoms with E-state index in [0.29, 0.717) is 6.04 Å². The third-order valence-corrected chi connectivity index (χ3v) is 3.22. The number of nitrogens with one attached hydrogen (secondary N) is 1. The minimum atomic E-state index is 0.0860. The summed E-state index contributed by atoms with van der Waals surface area (Å²) < 4.78 is 0. The number of hydrogen-bond acceptors (Lipinski definition) is 3. The van der Waals surface area contributed by atoms with Gasteiger partial charge >= 0.3 is 0 Å². The van der Waals surface area contributed by atoms with Crippen molar-refractivity contribution in [3.63, 3.8) is 0 Å². The Bertz CT molecular complexity index is 389. The summed E-state index contributed by atoms with van der Waals surface area (Å²) >= 11 is 0. The highest BCUT2D eigenvalue weighted by molar-refractivity contribution is 5.99. The molecule has 1 unspecified atom stereocenters. The van der Waals surface area contributed by atoms with Crippen molar-refractivity contribution in [3.05, 3.63) is 23.9 Å². The number of hydrogen-bond donors (Lipinski definition) is 2. The van der Waals surface area contributed by atoms with Gasteiger partial charge in [-0.05, 0) is 31.9 Å². The zero-order valence-corrected chi connectivity index (χ0v) is 11.6. The zero-order chi connectivity index (χ0) is 13.5. The van der Waals surface area contributed by atoms with Gasteiger partial charge in [-0.3, -0.25) is 5.41 Å². The van der Waals surface area contributed by atoms with Crippen LogP contribution in [0.3, 0.4) is 0 Å². The second-order valence-electron chi connectivity index (χ2n) is 4.59. The van der Waals surface area contributed by atoms with Gasteiger partial charge < -0.3 is 10.6 Å². The Morgan fingerprint density at radius 3 is 2.78 bits per heavy atom. The van der Waals surface area contributed by atoms with Crippen LogP contribution in [0.15, 0.2) is 18.3 Å². The first-order chi connectivity index (χ1) is 8.61. The Balaban J connectivity index is 3.07. The second-order valence-corrected chi connectivity index (χ2v) is 4.59. The number of rotatable bonds is 7. The SMILES string of the molecule is CCCCN(c1ncccc1C(=N)N)C(C)CC. The first-order valence-electron chi connectivity index (χ1n) is 6.67. The highest BCUT2D eigenvalue weighted by Crippen LogP contribution is 2.21. The number of aromatic nitrogens is 1. The summed E-state index contributed by atoms with van der Waals surface area (Å²) in [6.45, 7) is 7.50. The number of anilines is 1. The van der Waals surface area contributed by atoms with E-state index in [2.05, 4.69) is 30.7 Å². The molecular formula is C14H24N4. The van der Waals surface area contributed by atoms with Crippen molar-refractivity contribution in [3.8, 4) is 0 Å². The molecule has 0 aliphatic carbocycles. The third kappa shape index (κ3) is 3.45. The van der Waals surface area contributed by atoms with Gasteiger partial charge in [-0.15, -0.1) is 0 Å². The van der Waals surface area contributed by atoms with E-state index in [4.69, 9.17) is 11.1 Å². The van der Waals surface area contributed by atoms with Crippen LogP contribution in [-0.4, -0.2) is 23.4 Å². The molecule has 0 radical (unpaired) electrons. The molecule has 0 saturated heterocycles. The maximum atomic E-state index is 7.66. The number of amidine groups is 1. The minimum absolute atomic E-state index is 0.0860. The van der Waals surface area contributed by atoms with Crippen molar-refractivity contribution < 1.29 is 0 Å². The monoisotopic (exact) mass is 248 g/mol. The predicted molar refractivity (Wildman–Crippen MR) is 77.3 cm³/mol. The Hall–Kier alpha value is -1.58. The van der Waals surface area contributed by atoms with Gasteiger partial charge in [-0.25, -0.2) is 4.98 Å². The Kier molecular flexibility index (Phi) is 5.62. The lowest BCUT2D eigenvalue weighted by Crippen LogP contribution is -2.36. The van der Waals surface area contributed by atoms with Crippen LogP contribution >= 0.6 is 0 Å². The van der Waals surface area contributed by atoms with E-state index in [0.717, 1.165) is 37.2 Å². The van der Waals surface area contributed by atoms with Crippen molar-refractivity contribution >= 4 is 11.7 Å². The zero-order valence-electron chi connectivity index (χ0n) is 11.6. The van der Waals surface area contributed by atoms with Gasteiger partial charge in [-0.2, -0.15) is 0 Å². The molecule has 0 spiro atoms. The van der Waals surface area contributed by atoms with E-state index in [-0.39, 0.29) is 5.84 Å². The summed E-state index contributed by atoms with van der Waals surface area (Å²) in [7, 11) is 0. The lowest BCUT2D eigenvalue weighted by Gasteiger charge is -2.31. The molecule has 4 nitrogen and oxygen atoms in total. The molecule has 1 aromatic heterocycles. The minimum Gasteiger partial charge on any atom is -0.384 e. The van der Waals surface area contributed by atoms with E-state index in [1.807, 2.05) is 12.1 Å². The van der Waals surface area contributed by atoms with E-state index in [1.165, 1.54) is 0 Å². The van der Waals surface area contributed by atoms with Crippen LogP contribution < -0.4 is 10.6 Å². The Labute approximate surface area is 110 Å². The van der Waals surface area contributed by atoms with Crippen LogP contribution in [0.2, 0.25) is 0 Å². The molecule has 0 aliphatic heterocycles. The molecular weight excluding hydrogens is 224 g/mol. The number of nitrogen functional groups attached to an aromatic ring is 1. The van der Waals surface area contributed by atoms with E-state index in [9.17, 15) is 0 Å². The van der Waals surface area contributed by atoms with Gasteiger partial charge in [0.2, 0.25) is 0 Å². The summed E-state index contributed by atoms with van der Waals surface area (Å²) in [5.41, 5.74) is 6.37. The van der Waals surface area contributed by atoms with Crippen molar-refractivity contribution in [1.82, 2.24) is 4.98 Å². The lowest BCUT2D eigenvalue weighted by molar-refractivity contribution is 0.589. The third-order valence-electron chi connectivity index (χ3n) is 3.22. The van der Waals surface area contributed by atoms with Crippen molar-refractivity contribution in [2.45, 2.75) is 46.1 Å². The highest BCUT2D eigenvalue weighted by atomic mass is 15.2. The quantitative estimate of drug-likeness (QED) is 0.576. The molecule has 0 aliphatic rings. The fourth-order valence-corrected chi connectivity index (χ4v) is 1.92. The fraction of sp³-hybridized carbons (Fsp3) is 0.571. The number of nitrogens with two attached hydrogens (primary N) is 1. The molecule has 1 atom stereocenters. The van der Waals surface area contributed by atoms with Crippen LogP contribution in [-0.2, 0) is 0 Å². The lowest BCUT2D eigenvalue weighted by atomic mass is 10.1. The summed E-state index contributed by atoms with van der Waals surface area (Å²) in [6, 6.07) is 4.10. The van der Waals surface area contributed by atoms with Crippen LogP contribution in [0.5, 0.6) is 0 Å². The predicted octanol–water partition coefficient (Wildman–Crippen LogP) is 2.77. The molecule has 3 N–H and O–H groups in total. The smallest absolute Gasteiger partial charge is 0.139 e. The molecule has 18 heavy (non-hydrogen) atoms. The molecule has 0 saturated carbocycles. The van der Waals surface area contributed by atoms with E-state index in [1.54, 1.807) is 6.20 Å². The Morgan fingerprint density at radius 2 is 2.22 bits per heavy atom. The molecule has 0 bridgehead atoms. The van der Waals surface area contributed by atoms with Gasteiger partial charge in [0.15, 0.2) is 0 Å². The van der Waals surface area contributed by atoms with Crippen LogP contribution in [0, 0.1) is 5.41 Å². The molecule has 0 fully saturated rings. The van der Waals surface area contributed by atoms with Gasteiger partial charge in [0.1, 0.15) is 11.7 Å². The van der Waals surface area contributed by atoms with E-state index < -0.39 is 0 Å². The van der Waals surface area contributed by atoms with E-state index >= 15 is 0 Å². The molecule has 0 amide bonds. The standard InChI is InChI=1S/C14H24N4/c1-4-6-10-18(11(3)5-2)14-12(13(15)16)8-7-9-17-14/h7-9,11H,4-6,10H2,1-3H3,(H3,15,16). The first kappa shape index (κ1) is 14.5. The number of unbranched alkanes of at least 4 members (excludes halogenated alkanes) is 1. The molecule has 4 heteroatoms. The van der Waals surface area contributed by atoms with Crippen LogP contribution in [0.25, 0.3) is 0 Å². The number of nitrogens with zero attached hydrogens (tertiary/aromatic N) is 2. The second kappa shape index (κ2) is 6.99.